The van der Waals surface area contributed by atoms with Gasteiger partial charge in [0.05, 0.1) is 0 Å². The summed E-state index contributed by atoms with van der Waals surface area (Å²) in [6.07, 6.45) is 2.67. The zero-order valence-electron chi connectivity index (χ0n) is 11.5. The highest BCUT2D eigenvalue weighted by Crippen LogP contribution is 2.33. The third-order valence-corrected chi connectivity index (χ3v) is 3.78. The Balaban J connectivity index is 2.34. The number of nitrogens with zero attached hydrogens (tertiary/aromatic N) is 2. The number of aromatic carboxylic acids is 1. The maximum absolute atomic E-state index is 12.9. The molecule has 21 heavy (non-hydrogen) atoms. The van der Waals surface area contributed by atoms with Crippen LogP contribution in [0.2, 0.25) is 0 Å². The molecule has 1 N–H and O–H groups in total. The van der Waals surface area contributed by atoms with Crippen LogP contribution >= 0.6 is 0 Å². The van der Waals surface area contributed by atoms with Gasteiger partial charge in [-0.1, -0.05) is 32.1 Å². The molecule has 0 aromatic carbocycles. The van der Waals surface area contributed by atoms with Gasteiger partial charge in [-0.2, -0.15) is 13.2 Å². The summed E-state index contributed by atoms with van der Waals surface area (Å²) < 4.78 is 38.8. The predicted molar refractivity (Wildman–Crippen MR) is 69.1 cm³/mol. The summed E-state index contributed by atoms with van der Waals surface area (Å²) in [6, 6.07) is 0. The van der Waals surface area contributed by atoms with Crippen LogP contribution < -0.4 is 0 Å². The molecule has 4 nitrogen and oxygen atoms in total. The number of rotatable bonds is 2. The van der Waals surface area contributed by atoms with E-state index in [0.29, 0.717) is 0 Å². The predicted octanol–water partition coefficient (Wildman–Crippen LogP) is 4.02. The lowest BCUT2D eigenvalue weighted by Crippen LogP contribution is -2.19. The summed E-state index contributed by atoms with van der Waals surface area (Å²) in [5, 5.41) is 8.83. The molecule has 1 saturated carbocycles. The number of hydrogen-bond acceptors (Lipinski definition) is 3. The van der Waals surface area contributed by atoms with E-state index in [4.69, 9.17) is 5.11 Å². The van der Waals surface area contributed by atoms with Crippen LogP contribution in [0.15, 0.2) is 6.20 Å². The summed E-state index contributed by atoms with van der Waals surface area (Å²) >= 11 is 0. The topological polar surface area (TPSA) is 63.1 Å². The first-order valence-electron chi connectivity index (χ1n) is 7.07. The Bertz CT molecular complexity index is 509. The van der Waals surface area contributed by atoms with Crippen LogP contribution in [-0.4, -0.2) is 21.0 Å². The van der Waals surface area contributed by atoms with Crippen molar-refractivity contribution in [2.45, 2.75) is 57.0 Å². The van der Waals surface area contributed by atoms with Gasteiger partial charge < -0.3 is 5.11 Å². The monoisotopic (exact) mass is 302 g/mol. The molecule has 0 saturated heterocycles. The number of carboxylic acids is 1. The summed E-state index contributed by atoms with van der Waals surface area (Å²) in [5.41, 5.74) is -2.24. The summed E-state index contributed by atoms with van der Waals surface area (Å²) in [7, 11) is 0. The minimum atomic E-state index is -4.78. The zero-order valence-corrected chi connectivity index (χ0v) is 11.5. The molecule has 1 aromatic rings. The van der Waals surface area contributed by atoms with E-state index in [9.17, 15) is 18.0 Å². The fourth-order valence-electron chi connectivity index (χ4n) is 2.68. The molecule has 0 atom stereocenters. The summed E-state index contributed by atoms with van der Waals surface area (Å²) in [5.74, 6) is -1.66. The van der Waals surface area contributed by atoms with Gasteiger partial charge in [-0.25, -0.2) is 14.8 Å². The molecule has 1 aliphatic rings. The van der Waals surface area contributed by atoms with Crippen molar-refractivity contribution in [1.29, 1.82) is 0 Å². The zero-order chi connectivity index (χ0) is 15.5. The fraction of sp³-hybridized carbons (Fsp3) is 0.643. The molecule has 0 bridgehead atoms. The Hall–Kier alpha value is -1.66. The molecule has 0 aliphatic heterocycles. The molecule has 0 radical (unpaired) electrons. The van der Waals surface area contributed by atoms with Gasteiger partial charge in [0.15, 0.2) is 5.69 Å². The van der Waals surface area contributed by atoms with Crippen LogP contribution in [-0.2, 0) is 6.18 Å². The van der Waals surface area contributed by atoms with Crippen molar-refractivity contribution in [3.63, 3.8) is 0 Å². The molecule has 0 amide bonds. The molecule has 0 spiro atoms. The van der Waals surface area contributed by atoms with Gasteiger partial charge in [-0.05, 0) is 12.8 Å². The van der Waals surface area contributed by atoms with E-state index in [0.717, 1.165) is 51.1 Å². The first-order chi connectivity index (χ1) is 9.89. The van der Waals surface area contributed by atoms with Crippen molar-refractivity contribution in [2.24, 2.45) is 0 Å². The minimum absolute atomic E-state index is 0.116. The van der Waals surface area contributed by atoms with Gasteiger partial charge in [0.1, 0.15) is 11.4 Å². The van der Waals surface area contributed by atoms with Crippen LogP contribution in [0.5, 0.6) is 0 Å². The third kappa shape index (κ3) is 3.92. The highest BCUT2D eigenvalue weighted by Gasteiger charge is 2.38. The second-order valence-corrected chi connectivity index (χ2v) is 5.34. The van der Waals surface area contributed by atoms with Gasteiger partial charge in [-0.15, -0.1) is 0 Å². The van der Waals surface area contributed by atoms with Crippen molar-refractivity contribution in [3.05, 3.63) is 23.3 Å². The average Bonchev–Trinajstić information content (AvgIpc) is 2.36. The average molecular weight is 302 g/mol. The minimum Gasteiger partial charge on any atom is -0.478 e. The number of carboxylic acid groups (broad SMARTS) is 1. The first kappa shape index (κ1) is 15.7. The van der Waals surface area contributed by atoms with Gasteiger partial charge in [0, 0.05) is 12.1 Å². The summed E-state index contributed by atoms with van der Waals surface area (Å²) in [4.78, 5) is 18.3. The molecule has 1 heterocycles. The van der Waals surface area contributed by atoms with Crippen LogP contribution in [0.25, 0.3) is 0 Å². The molecule has 7 heteroatoms. The van der Waals surface area contributed by atoms with E-state index in [1.807, 2.05) is 0 Å². The maximum Gasteiger partial charge on any atom is 0.434 e. The summed E-state index contributed by atoms with van der Waals surface area (Å²) in [6.45, 7) is 0. The smallest absolute Gasteiger partial charge is 0.434 e. The lowest BCUT2D eigenvalue weighted by Gasteiger charge is -2.19. The van der Waals surface area contributed by atoms with E-state index in [-0.39, 0.29) is 11.7 Å². The first-order valence-corrected chi connectivity index (χ1v) is 7.07. The maximum atomic E-state index is 12.9. The van der Waals surface area contributed by atoms with Crippen LogP contribution in [0.3, 0.4) is 0 Å². The number of halogens is 3. The normalized spacial score (nSPS) is 18.0. The molecule has 2 rings (SSSR count). The number of aromatic nitrogens is 2. The van der Waals surface area contributed by atoms with E-state index in [1.54, 1.807) is 0 Å². The molecule has 1 aliphatic carbocycles. The molecule has 116 valence electrons. The highest BCUT2D eigenvalue weighted by molar-refractivity contribution is 5.88. The lowest BCUT2D eigenvalue weighted by molar-refractivity contribution is -0.142. The van der Waals surface area contributed by atoms with E-state index >= 15 is 0 Å². The Morgan fingerprint density at radius 3 is 2.24 bits per heavy atom. The van der Waals surface area contributed by atoms with E-state index < -0.39 is 23.4 Å². The third-order valence-electron chi connectivity index (χ3n) is 3.78. The van der Waals surface area contributed by atoms with E-state index in [1.165, 1.54) is 0 Å². The van der Waals surface area contributed by atoms with Crippen LogP contribution in [0, 0.1) is 0 Å². The SMILES string of the molecule is O=C(O)c1cnc(C2CCCCCCC2)nc1C(F)(F)F. The Kier molecular flexibility index (Phi) is 4.80. The second-order valence-electron chi connectivity index (χ2n) is 5.34. The van der Waals surface area contributed by atoms with Gasteiger partial charge in [-0.3, -0.25) is 0 Å². The van der Waals surface area contributed by atoms with Crippen molar-refractivity contribution < 1.29 is 23.1 Å². The van der Waals surface area contributed by atoms with Crippen molar-refractivity contribution in [3.8, 4) is 0 Å². The lowest BCUT2D eigenvalue weighted by atomic mass is 9.90. The van der Waals surface area contributed by atoms with Crippen molar-refractivity contribution in [2.75, 3.05) is 0 Å². The van der Waals surface area contributed by atoms with Crippen molar-refractivity contribution >= 4 is 5.97 Å². The number of hydrogen-bond donors (Lipinski definition) is 1. The molecular formula is C14H17F3N2O2. The Labute approximate surface area is 120 Å². The van der Waals surface area contributed by atoms with Crippen molar-refractivity contribution in [1.82, 2.24) is 9.97 Å². The fourth-order valence-corrected chi connectivity index (χ4v) is 2.68. The molecule has 1 aromatic heterocycles. The van der Waals surface area contributed by atoms with Crippen LogP contribution in [0.1, 0.15) is 72.7 Å². The van der Waals surface area contributed by atoms with Gasteiger partial charge in [0.25, 0.3) is 0 Å². The standard InChI is InChI=1S/C14H17F3N2O2/c15-14(16,17)11-10(13(20)21)8-18-12(19-11)9-6-4-2-1-3-5-7-9/h8-9H,1-7H2,(H,20,21). The molecule has 1 fully saturated rings. The molecule has 0 unspecified atom stereocenters. The van der Waals surface area contributed by atoms with E-state index in [2.05, 4.69) is 9.97 Å². The Morgan fingerprint density at radius 1 is 1.14 bits per heavy atom. The second kappa shape index (κ2) is 6.41. The quantitative estimate of drug-likeness (QED) is 0.896. The highest BCUT2D eigenvalue weighted by atomic mass is 19.4. The number of alkyl halides is 3. The van der Waals surface area contributed by atoms with Gasteiger partial charge >= 0.3 is 12.1 Å². The van der Waals surface area contributed by atoms with Crippen LogP contribution in [0.4, 0.5) is 13.2 Å². The molecular weight excluding hydrogens is 285 g/mol. The Morgan fingerprint density at radius 2 is 1.71 bits per heavy atom. The number of carbonyl (C=O) groups is 1. The van der Waals surface area contributed by atoms with Gasteiger partial charge in [0.2, 0.25) is 0 Å². The largest absolute Gasteiger partial charge is 0.478 e.